The van der Waals surface area contributed by atoms with Crippen LogP contribution in [0.1, 0.15) is 10.4 Å². The van der Waals surface area contributed by atoms with Crippen LogP contribution < -0.4 is 11.1 Å². The molecule has 0 fully saturated rings. The van der Waals surface area contributed by atoms with Gasteiger partial charge in [-0.25, -0.2) is 13.6 Å². The molecule has 0 aromatic heterocycles. The summed E-state index contributed by atoms with van der Waals surface area (Å²) in [5.41, 5.74) is 5.72. The summed E-state index contributed by atoms with van der Waals surface area (Å²) >= 11 is 5.62. The third-order valence-corrected chi connectivity index (χ3v) is 2.86. The van der Waals surface area contributed by atoms with Crippen LogP contribution in [0.15, 0.2) is 30.3 Å². The van der Waals surface area contributed by atoms with Crippen LogP contribution in [0.25, 0.3) is 0 Å². The molecule has 2 aromatic carbocycles. The molecule has 7 heteroatoms. The van der Waals surface area contributed by atoms with Crippen LogP contribution in [0.4, 0.5) is 25.8 Å². The summed E-state index contributed by atoms with van der Waals surface area (Å²) in [4.78, 5) is 10.8. The molecule has 2 rings (SSSR count). The van der Waals surface area contributed by atoms with Gasteiger partial charge in [-0.05, 0) is 24.3 Å². The molecule has 0 aliphatic heterocycles. The minimum absolute atomic E-state index is 0.0456. The highest BCUT2D eigenvalue weighted by Crippen LogP contribution is 2.28. The summed E-state index contributed by atoms with van der Waals surface area (Å²) in [6.45, 7) is 0. The first-order valence-electron chi connectivity index (χ1n) is 5.43. The molecule has 0 heterocycles. The zero-order valence-electron chi connectivity index (χ0n) is 9.95. The molecule has 0 atom stereocenters. The third kappa shape index (κ3) is 2.80. The summed E-state index contributed by atoms with van der Waals surface area (Å²) in [5.74, 6) is -2.93. The predicted octanol–water partition coefficient (Wildman–Crippen LogP) is 3.64. The van der Waals surface area contributed by atoms with Crippen molar-refractivity contribution in [1.29, 1.82) is 0 Å². The number of nitrogens with one attached hydrogen (secondary N) is 1. The fraction of sp³-hybridized carbons (Fsp3) is 0. The number of carbonyl (C=O) groups is 1. The number of anilines is 3. The van der Waals surface area contributed by atoms with E-state index in [0.29, 0.717) is 5.69 Å². The van der Waals surface area contributed by atoms with Crippen LogP contribution >= 0.6 is 11.6 Å². The smallest absolute Gasteiger partial charge is 0.338 e. The third-order valence-electron chi connectivity index (χ3n) is 2.57. The largest absolute Gasteiger partial charge is 0.478 e. The van der Waals surface area contributed by atoms with Gasteiger partial charge in [0.2, 0.25) is 0 Å². The number of benzene rings is 2. The molecule has 4 N–H and O–H groups in total. The molecule has 104 valence electrons. The lowest BCUT2D eigenvalue weighted by Gasteiger charge is -2.11. The highest BCUT2D eigenvalue weighted by molar-refractivity contribution is 6.31. The number of hydrogen-bond donors (Lipinski definition) is 3. The van der Waals surface area contributed by atoms with Gasteiger partial charge >= 0.3 is 5.97 Å². The SMILES string of the molecule is Nc1cc(C(=O)O)c(F)cc1Nc1ccc(F)c(Cl)c1. The Bertz CT molecular complexity index is 692. The molecule has 0 spiro atoms. The summed E-state index contributed by atoms with van der Waals surface area (Å²) in [6, 6.07) is 5.80. The second-order valence-corrected chi connectivity index (χ2v) is 4.39. The van der Waals surface area contributed by atoms with E-state index >= 15 is 0 Å². The molecule has 0 radical (unpaired) electrons. The Hall–Kier alpha value is -2.34. The maximum atomic E-state index is 13.6. The lowest BCUT2D eigenvalue weighted by molar-refractivity contribution is 0.0692. The Morgan fingerprint density at radius 3 is 2.50 bits per heavy atom. The molecule has 0 unspecified atom stereocenters. The number of rotatable bonds is 3. The topological polar surface area (TPSA) is 75.4 Å². The van der Waals surface area contributed by atoms with Crippen LogP contribution in [-0.2, 0) is 0 Å². The van der Waals surface area contributed by atoms with Crippen molar-refractivity contribution in [2.75, 3.05) is 11.1 Å². The van der Waals surface area contributed by atoms with Gasteiger partial charge in [-0.15, -0.1) is 0 Å². The monoisotopic (exact) mass is 298 g/mol. The zero-order chi connectivity index (χ0) is 14.9. The van der Waals surface area contributed by atoms with E-state index in [9.17, 15) is 13.6 Å². The molecule has 0 saturated carbocycles. The van der Waals surface area contributed by atoms with E-state index in [2.05, 4.69) is 5.32 Å². The molecule has 0 saturated heterocycles. The average Bonchev–Trinajstić information content (AvgIpc) is 2.37. The summed E-state index contributed by atoms with van der Waals surface area (Å²) in [5, 5.41) is 11.4. The number of nitrogen functional groups attached to an aromatic ring is 1. The normalized spacial score (nSPS) is 10.3. The standard InChI is InChI=1S/C13H9ClF2N2O2/c14-8-3-6(1-2-9(8)15)18-12-5-10(16)7(13(19)20)4-11(12)17/h1-5,18H,17H2,(H,19,20). The second-order valence-electron chi connectivity index (χ2n) is 3.98. The van der Waals surface area contributed by atoms with Crippen LogP contribution in [0, 0.1) is 11.6 Å². The van der Waals surface area contributed by atoms with E-state index in [1.54, 1.807) is 0 Å². The minimum Gasteiger partial charge on any atom is -0.478 e. The summed E-state index contributed by atoms with van der Waals surface area (Å²) < 4.78 is 26.6. The van der Waals surface area contributed by atoms with E-state index in [4.69, 9.17) is 22.4 Å². The van der Waals surface area contributed by atoms with E-state index < -0.39 is 23.2 Å². The molecule has 20 heavy (non-hydrogen) atoms. The number of carboxylic acids is 1. The van der Waals surface area contributed by atoms with Crippen LogP contribution in [0.3, 0.4) is 0 Å². The lowest BCUT2D eigenvalue weighted by Crippen LogP contribution is -2.05. The fourth-order valence-corrected chi connectivity index (χ4v) is 1.77. The molecule has 0 aliphatic carbocycles. The lowest BCUT2D eigenvalue weighted by atomic mass is 10.1. The van der Waals surface area contributed by atoms with E-state index in [-0.39, 0.29) is 16.4 Å². The van der Waals surface area contributed by atoms with Gasteiger partial charge < -0.3 is 16.2 Å². The van der Waals surface area contributed by atoms with Gasteiger partial charge in [-0.3, -0.25) is 0 Å². The minimum atomic E-state index is -1.41. The molecule has 0 amide bonds. The van der Waals surface area contributed by atoms with Crippen LogP contribution in [0.5, 0.6) is 0 Å². The summed E-state index contributed by atoms with van der Waals surface area (Å²) in [6.07, 6.45) is 0. The Morgan fingerprint density at radius 1 is 1.20 bits per heavy atom. The highest BCUT2D eigenvalue weighted by Gasteiger charge is 2.14. The van der Waals surface area contributed by atoms with Crippen molar-refractivity contribution in [3.8, 4) is 0 Å². The highest BCUT2D eigenvalue weighted by atomic mass is 35.5. The van der Waals surface area contributed by atoms with Gasteiger partial charge in [-0.2, -0.15) is 0 Å². The fourth-order valence-electron chi connectivity index (χ4n) is 1.59. The van der Waals surface area contributed by atoms with E-state index in [1.165, 1.54) is 12.1 Å². The van der Waals surface area contributed by atoms with Gasteiger partial charge in [0, 0.05) is 11.8 Å². The Balaban J connectivity index is 2.36. The number of nitrogens with two attached hydrogens (primary N) is 1. The number of carboxylic acid groups (broad SMARTS) is 1. The maximum absolute atomic E-state index is 13.6. The molecule has 4 nitrogen and oxygen atoms in total. The Labute approximate surface area is 117 Å². The van der Waals surface area contributed by atoms with Gasteiger partial charge in [0.1, 0.15) is 11.6 Å². The quantitative estimate of drug-likeness (QED) is 0.756. The molecular formula is C13H9ClF2N2O2. The molecule has 2 aromatic rings. The van der Waals surface area contributed by atoms with Gasteiger partial charge in [0.15, 0.2) is 0 Å². The van der Waals surface area contributed by atoms with Crippen molar-refractivity contribution < 1.29 is 18.7 Å². The molecule has 0 bridgehead atoms. The van der Waals surface area contributed by atoms with Gasteiger partial charge in [-0.1, -0.05) is 11.6 Å². The second kappa shape index (κ2) is 5.34. The van der Waals surface area contributed by atoms with Crippen molar-refractivity contribution in [2.24, 2.45) is 0 Å². The Morgan fingerprint density at radius 2 is 1.90 bits per heavy atom. The van der Waals surface area contributed by atoms with Crippen molar-refractivity contribution in [3.63, 3.8) is 0 Å². The summed E-state index contributed by atoms with van der Waals surface area (Å²) in [7, 11) is 0. The first-order chi connectivity index (χ1) is 9.38. The van der Waals surface area contributed by atoms with Crippen LogP contribution in [0.2, 0.25) is 5.02 Å². The van der Waals surface area contributed by atoms with Gasteiger partial charge in [0.25, 0.3) is 0 Å². The van der Waals surface area contributed by atoms with E-state index in [0.717, 1.165) is 18.2 Å². The predicted molar refractivity (Wildman–Crippen MR) is 72.5 cm³/mol. The number of aromatic carboxylic acids is 1. The molecular weight excluding hydrogens is 290 g/mol. The van der Waals surface area contributed by atoms with Crippen molar-refractivity contribution in [3.05, 3.63) is 52.6 Å². The molecule has 0 aliphatic rings. The average molecular weight is 299 g/mol. The zero-order valence-corrected chi connectivity index (χ0v) is 10.7. The van der Waals surface area contributed by atoms with Gasteiger partial charge in [0.05, 0.1) is 22.0 Å². The maximum Gasteiger partial charge on any atom is 0.338 e. The van der Waals surface area contributed by atoms with Crippen molar-refractivity contribution in [1.82, 2.24) is 0 Å². The van der Waals surface area contributed by atoms with Crippen LogP contribution in [-0.4, -0.2) is 11.1 Å². The van der Waals surface area contributed by atoms with Crippen molar-refractivity contribution in [2.45, 2.75) is 0 Å². The number of hydrogen-bond acceptors (Lipinski definition) is 3. The number of halogens is 3. The first-order valence-corrected chi connectivity index (χ1v) is 5.80. The Kier molecular flexibility index (Phi) is 3.76. The van der Waals surface area contributed by atoms with Crippen molar-refractivity contribution >= 4 is 34.6 Å². The van der Waals surface area contributed by atoms with E-state index in [1.807, 2.05) is 0 Å². The first kappa shape index (κ1) is 14.1.